The molecule has 0 fully saturated rings. The maximum Gasteiger partial charge on any atom is 0.181 e. The van der Waals surface area contributed by atoms with Crippen LogP contribution in [0.15, 0.2) is 42.5 Å². The van der Waals surface area contributed by atoms with Gasteiger partial charge in [0.15, 0.2) is 5.65 Å². The molecule has 28 heavy (non-hydrogen) atoms. The Balaban J connectivity index is 1.97. The summed E-state index contributed by atoms with van der Waals surface area (Å²) in [5.41, 5.74) is 4.38. The summed E-state index contributed by atoms with van der Waals surface area (Å²) in [7, 11) is 0. The third-order valence-corrected chi connectivity index (χ3v) is 5.46. The predicted molar refractivity (Wildman–Crippen MR) is 116 cm³/mol. The van der Waals surface area contributed by atoms with E-state index < -0.39 is 0 Å². The summed E-state index contributed by atoms with van der Waals surface area (Å²) < 4.78 is 3.95. The number of halogens is 3. The molecule has 0 saturated heterocycles. The molecule has 0 bridgehead atoms. The Kier molecular flexibility index (Phi) is 5.13. The Hall–Kier alpha value is -2.01. The highest BCUT2D eigenvalue weighted by atomic mass is 35.5. The van der Waals surface area contributed by atoms with Gasteiger partial charge in [-0.3, -0.25) is 0 Å². The molecule has 0 aliphatic heterocycles. The number of rotatable bonds is 4. The summed E-state index contributed by atoms with van der Waals surface area (Å²) in [6.45, 7) is 6.97. The summed E-state index contributed by atoms with van der Waals surface area (Å²) in [5.74, 6) is 1.24. The first-order valence-electron chi connectivity index (χ1n) is 9.01. The van der Waals surface area contributed by atoms with Crippen molar-refractivity contribution in [2.45, 2.75) is 33.2 Å². The number of benzene rings is 2. The van der Waals surface area contributed by atoms with Crippen molar-refractivity contribution in [2.24, 2.45) is 0 Å². The fourth-order valence-electron chi connectivity index (χ4n) is 3.47. The SMILES string of the molecule is Cc1nn(-c2c(Cl)cc(Cl)cc2Cl)c2nc(C(C)C)n(Cc3ccccc3)c12. The van der Waals surface area contributed by atoms with Crippen molar-refractivity contribution in [1.82, 2.24) is 19.3 Å². The highest BCUT2D eigenvalue weighted by molar-refractivity contribution is 6.40. The Morgan fingerprint density at radius 1 is 1.00 bits per heavy atom. The lowest BCUT2D eigenvalue weighted by molar-refractivity contribution is 0.678. The van der Waals surface area contributed by atoms with Crippen molar-refractivity contribution in [3.63, 3.8) is 0 Å². The molecule has 0 aliphatic rings. The smallest absolute Gasteiger partial charge is 0.181 e. The fraction of sp³-hybridized carbons (Fsp3) is 0.238. The maximum absolute atomic E-state index is 6.45. The number of hydrogen-bond acceptors (Lipinski definition) is 2. The van der Waals surface area contributed by atoms with E-state index in [1.54, 1.807) is 16.8 Å². The van der Waals surface area contributed by atoms with Gasteiger partial charge in [0.2, 0.25) is 0 Å². The van der Waals surface area contributed by atoms with Gasteiger partial charge in [0.25, 0.3) is 0 Å². The molecule has 2 aromatic carbocycles. The third-order valence-electron chi connectivity index (χ3n) is 4.67. The summed E-state index contributed by atoms with van der Waals surface area (Å²) in [6, 6.07) is 13.7. The number of fused-ring (bicyclic) bond motifs is 1. The molecule has 2 aromatic heterocycles. The van der Waals surface area contributed by atoms with Crippen molar-refractivity contribution in [1.29, 1.82) is 0 Å². The molecular weight excluding hydrogens is 415 g/mol. The van der Waals surface area contributed by atoms with E-state index in [2.05, 4.69) is 30.5 Å². The normalized spacial score (nSPS) is 11.7. The molecule has 0 unspecified atom stereocenters. The van der Waals surface area contributed by atoms with Crippen molar-refractivity contribution >= 4 is 46.0 Å². The van der Waals surface area contributed by atoms with Gasteiger partial charge in [-0.2, -0.15) is 5.10 Å². The zero-order valence-corrected chi connectivity index (χ0v) is 18.0. The summed E-state index contributed by atoms with van der Waals surface area (Å²) in [5, 5.41) is 6.05. The van der Waals surface area contributed by atoms with E-state index in [-0.39, 0.29) is 5.92 Å². The molecule has 0 radical (unpaired) electrons. The predicted octanol–water partition coefficient (Wildman–Crippen LogP) is 6.66. The van der Waals surface area contributed by atoms with Crippen LogP contribution in [0, 0.1) is 6.92 Å². The van der Waals surface area contributed by atoms with Crippen LogP contribution in [0.3, 0.4) is 0 Å². The molecule has 0 spiro atoms. The molecule has 0 N–H and O–H groups in total. The van der Waals surface area contributed by atoms with Crippen LogP contribution in [0.2, 0.25) is 15.1 Å². The second-order valence-corrected chi connectivity index (χ2v) is 8.33. The zero-order valence-electron chi connectivity index (χ0n) is 15.7. The molecular formula is C21H19Cl3N4. The summed E-state index contributed by atoms with van der Waals surface area (Å²) in [4.78, 5) is 4.92. The average molecular weight is 434 g/mol. The quantitative estimate of drug-likeness (QED) is 0.360. The van der Waals surface area contributed by atoms with E-state index in [1.165, 1.54) is 5.56 Å². The maximum atomic E-state index is 6.45. The number of aromatic nitrogens is 4. The molecule has 7 heteroatoms. The fourth-order valence-corrected chi connectivity index (χ4v) is 4.44. The van der Waals surface area contributed by atoms with E-state index in [0.29, 0.717) is 20.8 Å². The standard InChI is InChI=1S/C21H19Cl3N4/c1-12(2)20-25-21-18(27(20)11-14-7-5-4-6-8-14)13(3)26-28(21)19-16(23)9-15(22)10-17(19)24/h4-10,12H,11H2,1-3H3. The Morgan fingerprint density at radius 3 is 2.25 bits per heavy atom. The molecule has 0 saturated carbocycles. The van der Waals surface area contributed by atoms with Gasteiger partial charge in [-0.25, -0.2) is 9.67 Å². The van der Waals surface area contributed by atoms with Crippen LogP contribution in [0.5, 0.6) is 0 Å². The number of hydrogen-bond donors (Lipinski definition) is 0. The first-order valence-corrected chi connectivity index (χ1v) is 10.1. The van der Waals surface area contributed by atoms with Gasteiger partial charge in [-0.1, -0.05) is 79.0 Å². The third kappa shape index (κ3) is 3.30. The highest BCUT2D eigenvalue weighted by Crippen LogP contribution is 2.35. The second kappa shape index (κ2) is 7.43. The minimum absolute atomic E-state index is 0.250. The molecule has 2 heterocycles. The zero-order chi connectivity index (χ0) is 20.0. The molecule has 0 atom stereocenters. The van der Waals surface area contributed by atoms with Gasteiger partial charge in [-0.05, 0) is 24.6 Å². The Morgan fingerprint density at radius 2 is 1.64 bits per heavy atom. The van der Waals surface area contributed by atoms with Gasteiger partial charge >= 0.3 is 0 Å². The van der Waals surface area contributed by atoms with Crippen molar-refractivity contribution in [3.05, 3.63) is 74.6 Å². The van der Waals surface area contributed by atoms with Crippen LogP contribution in [-0.4, -0.2) is 19.3 Å². The van der Waals surface area contributed by atoms with Gasteiger partial charge in [0, 0.05) is 17.5 Å². The van der Waals surface area contributed by atoms with Gasteiger partial charge in [0.05, 0.1) is 15.7 Å². The first kappa shape index (κ1) is 19.3. The van der Waals surface area contributed by atoms with Gasteiger partial charge < -0.3 is 4.57 Å². The van der Waals surface area contributed by atoms with Crippen molar-refractivity contribution in [3.8, 4) is 5.69 Å². The minimum Gasteiger partial charge on any atom is -0.320 e. The van der Waals surface area contributed by atoms with Crippen LogP contribution < -0.4 is 0 Å². The van der Waals surface area contributed by atoms with Gasteiger partial charge in [0.1, 0.15) is 17.0 Å². The van der Waals surface area contributed by atoms with Gasteiger partial charge in [-0.15, -0.1) is 0 Å². The molecule has 0 aliphatic carbocycles. The van der Waals surface area contributed by atoms with E-state index in [9.17, 15) is 0 Å². The highest BCUT2D eigenvalue weighted by Gasteiger charge is 2.23. The lowest BCUT2D eigenvalue weighted by atomic mass is 10.2. The molecule has 0 amide bonds. The lowest BCUT2D eigenvalue weighted by Gasteiger charge is -2.11. The van der Waals surface area contributed by atoms with E-state index in [1.807, 2.05) is 25.1 Å². The minimum atomic E-state index is 0.250. The topological polar surface area (TPSA) is 35.6 Å². The first-order chi connectivity index (χ1) is 13.4. The van der Waals surface area contributed by atoms with Crippen LogP contribution >= 0.6 is 34.8 Å². The van der Waals surface area contributed by atoms with Crippen LogP contribution in [0.1, 0.15) is 36.8 Å². The number of nitrogens with zero attached hydrogens (tertiary/aromatic N) is 4. The van der Waals surface area contributed by atoms with Crippen molar-refractivity contribution in [2.75, 3.05) is 0 Å². The summed E-state index contributed by atoms with van der Waals surface area (Å²) in [6.07, 6.45) is 0. The summed E-state index contributed by atoms with van der Waals surface area (Å²) >= 11 is 19.0. The molecule has 144 valence electrons. The average Bonchev–Trinajstić information content (AvgIpc) is 3.14. The second-order valence-electron chi connectivity index (χ2n) is 7.08. The molecule has 4 aromatic rings. The Labute approximate surface area is 178 Å². The largest absolute Gasteiger partial charge is 0.320 e. The lowest BCUT2D eigenvalue weighted by Crippen LogP contribution is -2.07. The van der Waals surface area contributed by atoms with E-state index in [4.69, 9.17) is 44.9 Å². The van der Waals surface area contributed by atoms with Crippen LogP contribution in [0.25, 0.3) is 16.9 Å². The number of aryl methyl sites for hydroxylation is 1. The van der Waals surface area contributed by atoms with E-state index in [0.717, 1.165) is 29.2 Å². The van der Waals surface area contributed by atoms with Crippen LogP contribution in [0.4, 0.5) is 0 Å². The monoisotopic (exact) mass is 432 g/mol. The van der Waals surface area contributed by atoms with Crippen LogP contribution in [-0.2, 0) is 6.54 Å². The molecule has 4 rings (SSSR count). The Bertz CT molecular complexity index is 1140. The van der Waals surface area contributed by atoms with E-state index >= 15 is 0 Å². The molecule has 4 nitrogen and oxygen atoms in total. The van der Waals surface area contributed by atoms with Crippen molar-refractivity contribution < 1.29 is 0 Å². The number of imidazole rings is 1.